The van der Waals surface area contributed by atoms with Gasteiger partial charge in [-0.2, -0.15) is 0 Å². The van der Waals surface area contributed by atoms with Gasteiger partial charge in [0.15, 0.2) is 0 Å². The highest BCUT2D eigenvalue weighted by molar-refractivity contribution is 4.97. The van der Waals surface area contributed by atoms with Gasteiger partial charge in [0.05, 0.1) is 13.2 Å². The Morgan fingerprint density at radius 1 is 1.19 bits per heavy atom. The van der Waals surface area contributed by atoms with Gasteiger partial charge in [0, 0.05) is 24.2 Å². The van der Waals surface area contributed by atoms with Gasteiger partial charge in [0.1, 0.15) is 0 Å². The third kappa shape index (κ3) is 4.43. The van der Waals surface area contributed by atoms with Crippen LogP contribution in [0.15, 0.2) is 0 Å². The van der Waals surface area contributed by atoms with Crippen LogP contribution in [0.1, 0.15) is 66.2 Å². The standard InChI is InChI=1S/C18H36N2O/c1-5-7-15-8-9-16(19-10-6-2)17(13-15)20-11-12-21-14-18(20,3)4/h15-17,19H,5-14H2,1-4H3. The summed E-state index contributed by atoms with van der Waals surface area (Å²) in [6.45, 7) is 13.3. The molecule has 0 bridgehead atoms. The molecule has 1 N–H and O–H groups in total. The van der Waals surface area contributed by atoms with Gasteiger partial charge in [-0.25, -0.2) is 0 Å². The molecule has 0 aromatic rings. The largest absolute Gasteiger partial charge is 0.378 e. The summed E-state index contributed by atoms with van der Waals surface area (Å²) < 4.78 is 5.73. The second-order valence-corrected chi connectivity index (χ2v) is 7.65. The van der Waals surface area contributed by atoms with Gasteiger partial charge in [-0.05, 0) is 52.0 Å². The summed E-state index contributed by atoms with van der Waals surface area (Å²) in [7, 11) is 0. The fraction of sp³-hybridized carbons (Fsp3) is 1.00. The van der Waals surface area contributed by atoms with E-state index in [4.69, 9.17) is 4.74 Å². The molecule has 1 saturated carbocycles. The Bertz CT molecular complexity index is 306. The molecule has 124 valence electrons. The molecule has 2 aliphatic rings. The maximum Gasteiger partial charge on any atom is 0.0645 e. The fourth-order valence-corrected chi connectivity index (χ4v) is 4.30. The number of morpholine rings is 1. The van der Waals surface area contributed by atoms with Gasteiger partial charge in [-0.1, -0.05) is 26.7 Å². The summed E-state index contributed by atoms with van der Waals surface area (Å²) in [4.78, 5) is 2.76. The van der Waals surface area contributed by atoms with Gasteiger partial charge in [-0.3, -0.25) is 4.90 Å². The predicted molar refractivity (Wildman–Crippen MR) is 89.7 cm³/mol. The van der Waals surface area contributed by atoms with Crippen LogP contribution in [0, 0.1) is 5.92 Å². The maximum absolute atomic E-state index is 5.73. The third-order valence-corrected chi connectivity index (χ3v) is 5.39. The number of rotatable bonds is 6. The molecule has 1 aliphatic carbocycles. The van der Waals surface area contributed by atoms with E-state index in [1.807, 2.05) is 0 Å². The topological polar surface area (TPSA) is 24.5 Å². The molecule has 1 aliphatic heterocycles. The zero-order valence-corrected chi connectivity index (χ0v) is 14.7. The minimum Gasteiger partial charge on any atom is -0.378 e. The van der Waals surface area contributed by atoms with E-state index < -0.39 is 0 Å². The Morgan fingerprint density at radius 2 is 2.00 bits per heavy atom. The van der Waals surface area contributed by atoms with Crippen LogP contribution >= 0.6 is 0 Å². The Hall–Kier alpha value is -0.120. The van der Waals surface area contributed by atoms with Crippen molar-refractivity contribution in [3.63, 3.8) is 0 Å². The van der Waals surface area contributed by atoms with E-state index >= 15 is 0 Å². The predicted octanol–water partition coefficient (Wildman–Crippen LogP) is 3.43. The summed E-state index contributed by atoms with van der Waals surface area (Å²) >= 11 is 0. The molecule has 0 aromatic heterocycles. The van der Waals surface area contributed by atoms with Crippen molar-refractivity contribution in [3.05, 3.63) is 0 Å². The lowest BCUT2D eigenvalue weighted by Gasteiger charge is -2.51. The van der Waals surface area contributed by atoms with E-state index in [2.05, 4.69) is 37.9 Å². The first-order chi connectivity index (χ1) is 10.1. The third-order valence-electron chi connectivity index (χ3n) is 5.39. The molecule has 0 amide bonds. The average molecular weight is 296 g/mol. The first kappa shape index (κ1) is 17.2. The molecule has 0 radical (unpaired) electrons. The van der Waals surface area contributed by atoms with Crippen molar-refractivity contribution in [2.75, 3.05) is 26.3 Å². The van der Waals surface area contributed by atoms with Crippen LogP contribution in [0.2, 0.25) is 0 Å². The summed E-state index contributed by atoms with van der Waals surface area (Å²) in [6, 6.07) is 1.37. The molecule has 3 atom stereocenters. The fourth-order valence-electron chi connectivity index (χ4n) is 4.30. The second kappa shape index (κ2) is 7.94. The number of nitrogens with one attached hydrogen (secondary N) is 1. The van der Waals surface area contributed by atoms with Gasteiger partial charge < -0.3 is 10.1 Å². The van der Waals surface area contributed by atoms with Gasteiger partial charge in [-0.15, -0.1) is 0 Å². The molecule has 0 aromatic carbocycles. The van der Waals surface area contributed by atoms with Crippen molar-refractivity contribution < 1.29 is 4.74 Å². The highest BCUT2D eigenvalue weighted by Gasteiger charge is 2.41. The zero-order chi connectivity index (χ0) is 15.3. The lowest BCUT2D eigenvalue weighted by atomic mass is 9.78. The molecular formula is C18H36N2O. The van der Waals surface area contributed by atoms with Crippen LogP contribution < -0.4 is 5.32 Å². The van der Waals surface area contributed by atoms with Crippen LogP contribution in [0.4, 0.5) is 0 Å². The minimum atomic E-state index is 0.184. The lowest BCUT2D eigenvalue weighted by molar-refractivity contribution is -0.0886. The zero-order valence-electron chi connectivity index (χ0n) is 14.7. The number of ether oxygens (including phenoxy) is 1. The van der Waals surface area contributed by atoms with Crippen LogP contribution in [-0.2, 0) is 4.74 Å². The summed E-state index contributed by atoms with van der Waals surface area (Å²) in [5.74, 6) is 0.929. The van der Waals surface area contributed by atoms with E-state index in [9.17, 15) is 0 Å². The summed E-state index contributed by atoms with van der Waals surface area (Å²) in [5.41, 5.74) is 0.184. The van der Waals surface area contributed by atoms with E-state index in [-0.39, 0.29) is 5.54 Å². The van der Waals surface area contributed by atoms with Gasteiger partial charge >= 0.3 is 0 Å². The quantitative estimate of drug-likeness (QED) is 0.812. The molecule has 21 heavy (non-hydrogen) atoms. The van der Waals surface area contributed by atoms with Crippen molar-refractivity contribution in [2.45, 2.75) is 83.8 Å². The molecule has 2 fully saturated rings. The molecule has 3 nitrogen and oxygen atoms in total. The van der Waals surface area contributed by atoms with Crippen LogP contribution in [0.5, 0.6) is 0 Å². The average Bonchev–Trinajstić information content (AvgIpc) is 2.46. The van der Waals surface area contributed by atoms with Crippen LogP contribution in [0.25, 0.3) is 0 Å². The smallest absolute Gasteiger partial charge is 0.0645 e. The van der Waals surface area contributed by atoms with E-state index in [1.54, 1.807) is 0 Å². The highest BCUT2D eigenvalue weighted by atomic mass is 16.5. The highest BCUT2D eigenvalue weighted by Crippen LogP contribution is 2.35. The van der Waals surface area contributed by atoms with Crippen molar-refractivity contribution in [1.29, 1.82) is 0 Å². The van der Waals surface area contributed by atoms with Crippen molar-refractivity contribution in [3.8, 4) is 0 Å². The maximum atomic E-state index is 5.73. The van der Waals surface area contributed by atoms with E-state index in [0.29, 0.717) is 12.1 Å². The molecule has 3 heteroatoms. The molecule has 1 saturated heterocycles. The SMILES string of the molecule is CCCNC1CCC(CCC)CC1N1CCOCC1(C)C. The normalized spacial score (nSPS) is 34.0. The van der Waals surface area contributed by atoms with Crippen molar-refractivity contribution in [1.82, 2.24) is 10.2 Å². The van der Waals surface area contributed by atoms with E-state index in [1.165, 1.54) is 38.5 Å². The molecular weight excluding hydrogens is 260 g/mol. The van der Waals surface area contributed by atoms with E-state index in [0.717, 1.165) is 32.2 Å². The Morgan fingerprint density at radius 3 is 2.67 bits per heavy atom. The number of nitrogens with zero attached hydrogens (tertiary/aromatic N) is 1. The molecule has 2 rings (SSSR count). The number of hydrogen-bond donors (Lipinski definition) is 1. The Labute approximate surface area is 131 Å². The first-order valence-corrected chi connectivity index (χ1v) is 9.16. The number of hydrogen-bond acceptors (Lipinski definition) is 3. The van der Waals surface area contributed by atoms with Crippen molar-refractivity contribution in [2.24, 2.45) is 5.92 Å². The van der Waals surface area contributed by atoms with Crippen LogP contribution in [-0.4, -0.2) is 48.8 Å². The summed E-state index contributed by atoms with van der Waals surface area (Å²) in [5, 5.41) is 3.84. The monoisotopic (exact) mass is 296 g/mol. The molecule has 0 spiro atoms. The van der Waals surface area contributed by atoms with Gasteiger partial charge in [0.2, 0.25) is 0 Å². The van der Waals surface area contributed by atoms with Gasteiger partial charge in [0.25, 0.3) is 0 Å². The minimum absolute atomic E-state index is 0.184. The molecule has 1 heterocycles. The van der Waals surface area contributed by atoms with Crippen molar-refractivity contribution >= 4 is 0 Å². The Kier molecular flexibility index (Phi) is 6.51. The second-order valence-electron chi connectivity index (χ2n) is 7.65. The summed E-state index contributed by atoms with van der Waals surface area (Å²) in [6.07, 6.45) is 8.10. The lowest BCUT2D eigenvalue weighted by Crippen LogP contribution is -2.63. The first-order valence-electron chi connectivity index (χ1n) is 9.16. The Balaban J connectivity index is 2.07. The molecule has 3 unspecified atom stereocenters. The van der Waals surface area contributed by atoms with Crippen LogP contribution in [0.3, 0.4) is 0 Å².